The minimum atomic E-state index is 0.413. The molecule has 0 aliphatic carbocycles. The quantitative estimate of drug-likeness (QED) is 0.771. The molecule has 25 heavy (non-hydrogen) atoms. The first-order valence-electron chi connectivity index (χ1n) is 8.47. The summed E-state index contributed by atoms with van der Waals surface area (Å²) < 4.78 is 7.29. The summed E-state index contributed by atoms with van der Waals surface area (Å²) in [4.78, 5) is 13.1. The number of nitrogens with one attached hydrogen (secondary N) is 1. The van der Waals surface area contributed by atoms with Crippen LogP contribution in [0.5, 0.6) is 0 Å². The van der Waals surface area contributed by atoms with Gasteiger partial charge >= 0.3 is 0 Å². The van der Waals surface area contributed by atoms with Crippen molar-refractivity contribution in [2.45, 2.75) is 25.3 Å². The first-order chi connectivity index (χ1) is 12.4. The van der Waals surface area contributed by atoms with Gasteiger partial charge in [-0.05, 0) is 31.0 Å². The molecule has 1 N–H and O–H groups in total. The Bertz CT molecular complexity index is 796. The molecule has 7 nitrogen and oxygen atoms in total. The van der Waals surface area contributed by atoms with E-state index in [0.717, 1.165) is 48.9 Å². The lowest BCUT2D eigenvalue weighted by Crippen LogP contribution is -2.16. The molecule has 3 aromatic rings. The molecule has 0 unspecified atom stereocenters. The lowest BCUT2D eigenvalue weighted by molar-refractivity contribution is 0.0836. The predicted octanol–water partition coefficient (Wildman–Crippen LogP) is 2.56. The van der Waals surface area contributed by atoms with Crippen molar-refractivity contribution in [1.29, 1.82) is 0 Å². The topological polar surface area (TPSA) is 77.8 Å². The monoisotopic (exact) mass is 336 g/mol. The van der Waals surface area contributed by atoms with Crippen molar-refractivity contribution in [3.8, 4) is 5.69 Å². The largest absolute Gasteiger partial charge is 0.381 e. The van der Waals surface area contributed by atoms with E-state index in [1.165, 1.54) is 0 Å². The average Bonchev–Trinajstić information content (AvgIpc) is 3.17. The molecule has 7 heteroatoms. The van der Waals surface area contributed by atoms with Crippen molar-refractivity contribution in [1.82, 2.24) is 24.7 Å². The second kappa shape index (κ2) is 7.40. The highest BCUT2D eigenvalue weighted by atomic mass is 16.5. The maximum Gasteiger partial charge on any atom is 0.131 e. The van der Waals surface area contributed by atoms with E-state index in [1.54, 1.807) is 18.6 Å². The summed E-state index contributed by atoms with van der Waals surface area (Å²) in [7, 11) is 0. The van der Waals surface area contributed by atoms with Crippen LogP contribution in [-0.2, 0) is 11.3 Å². The minimum Gasteiger partial charge on any atom is -0.381 e. The van der Waals surface area contributed by atoms with E-state index < -0.39 is 0 Å². The Morgan fingerprint density at radius 1 is 1.04 bits per heavy atom. The molecule has 1 aliphatic heterocycles. The molecule has 0 spiro atoms. The number of pyridine rings is 1. The van der Waals surface area contributed by atoms with E-state index in [0.29, 0.717) is 12.5 Å². The summed E-state index contributed by atoms with van der Waals surface area (Å²) in [6, 6.07) is 5.86. The molecular formula is C18H20N6O. The molecule has 0 amide bonds. The van der Waals surface area contributed by atoms with E-state index in [2.05, 4.69) is 25.4 Å². The van der Waals surface area contributed by atoms with Gasteiger partial charge in [0.2, 0.25) is 0 Å². The molecule has 128 valence electrons. The molecule has 1 fully saturated rings. The van der Waals surface area contributed by atoms with Crippen molar-refractivity contribution >= 4 is 5.69 Å². The van der Waals surface area contributed by atoms with Crippen molar-refractivity contribution in [2.24, 2.45) is 0 Å². The summed E-state index contributed by atoms with van der Waals surface area (Å²) >= 11 is 0. The maximum atomic E-state index is 5.39. The fourth-order valence-corrected chi connectivity index (χ4v) is 2.97. The third-order valence-electron chi connectivity index (χ3n) is 4.36. The van der Waals surface area contributed by atoms with Crippen LogP contribution in [0.2, 0.25) is 0 Å². The minimum absolute atomic E-state index is 0.413. The van der Waals surface area contributed by atoms with Gasteiger partial charge in [-0.1, -0.05) is 0 Å². The number of hydrogen-bond donors (Lipinski definition) is 1. The van der Waals surface area contributed by atoms with Crippen LogP contribution < -0.4 is 5.32 Å². The number of ether oxygens (including phenoxy) is 1. The second-order valence-corrected chi connectivity index (χ2v) is 6.01. The third kappa shape index (κ3) is 3.66. The molecule has 4 rings (SSSR count). The van der Waals surface area contributed by atoms with Gasteiger partial charge in [-0.15, -0.1) is 0 Å². The highest BCUT2D eigenvalue weighted by Crippen LogP contribution is 2.24. The van der Waals surface area contributed by atoms with E-state index in [-0.39, 0.29) is 0 Å². The standard InChI is InChI=1S/C18H20N6O/c1-6-19-7-2-16(1)24-17(3-8-23-24)13-20-15-11-21-18(22-12-15)14-4-9-25-10-5-14/h1-3,6-8,11-12,14,20H,4-5,9-10,13H2. The van der Waals surface area contributed by atoms with Gasteiger partial charge in [-0.3, -0.25) is 4.98 Å². The van der Waals surface area contributed by atoms with Crippen LogP contribution >= 0.6 is 0 Å². The molecule has 0 aromatic carbocycles. The number of aromatic nitrogens is 5. The van der Waals surface area contributed by atoms with Crippen LogP contribution in [-0.4, -0.2) is 37.9 Å². The lowest BCUT2D eigenvalue weighted by Gasteiger charge is -2.20. The van der Waals surface area contributed by atoms with Gasteiger partial charge in [0.25, 0.3) is 0 Å². The van der Waals surface area contributed by atoms with Crippen molar-refractivity contribution in [3.05, 3.63) is 60.7 Å². The van der Waals surface area contributed by atoms with E-state index >= 15 is 0 Å². The molecule has 0 radical (unpaired) electrons. The average molecular weight is 336 g/mol. The zero-order valence-electron chi connectivity index (χ0n) is 13.9. The number of hydrogen-bond acceptors (Lipinski definition) is 6. The Labute approximate surface area is 146 Å². The highest BCUT2D eigenvalue weighted by molar-refractivity contribution is 5.39. The Balaban J connectivity index is 1.41. The molecule has 4 heterocycles. The van der Waals surface area contributed by atoms with Crippen LogP contribution in [0.25, 0.3) is 5.69 Å². The van der Waals surface area contributed by atoms with Crippen LogP contribution in [0, 0.1) is 0 Å². The van der Waals surface area contributed by atoms with Gasteiger partial charge in [0.05, 0.1) is 36.0 Å². The summed E-state index contributed by atoms with van der Waals surface area (Å²) in [5.41, 5.74) is 2.95. The van der Waals surface area contributed by atoms with Gasteiger partial charge in [0.15, 0.2) is 0 Å². The fraction of sp³-hybridized carbons (Fsp3) is 0.333. The van der Waals surface area contributed by atoms with Crippen LogP contribution in [0.15, 0.2) is 49.2 Å². The molecule has 3 aromatic heterocycles. The van der Waals surface area contributed by atoms with Crippen LogP contribution in [0.1, 0.15) is 30.3 Å². The van der Waals surface area contributed by atoms with Gasteiger partial charge in [-0.25, -0.2) is 14.6 Å². The molecule has 0 atom stereocenters. The second-order valence-electron chi connectivity index (χ2n) is 6.01. The SMILES string of the molecule is c1cc(-n2nccc2CNc2cnc(C3CCOCC3)nc2)ccn1. The fourth-order valence-electron chi connectivity index (χ4n) is 2.97. The molecule has 1 aliphatic rings. The Kier molecular flexibility index (Phi) is 4.65. The Morgan fingerprint density at radius 2 is 1.80 bits per heavy atom. The smallest absolute Gasteiger partial charge is 0.131 e. The van der Waals surface area contributed by atoms with E-state index in [1.807, 2.05) is 35.3 Å². The zero-order chi connectivity index (χ0) is 16.9. The zero-order valence-corrected chi connectivity index (χ0v) is 13.9. The molecule has 0 saturated carbocycles. The third-order valence-corrected chi connectivity index (χ3v) is 4.36. The Morgan fingerprint density at radius 3 is 2.56 bits per heavy atom. The van der Waals surface area contributed by atoms with Gasteiger partial charge < -0.3 is 10.1 Å². The summed E-state index contributed by atoms with van der Waals surface area (Å²) in [5.74, 6) is 1.33. The van der Waals surface area contributed by atoms with Crippen LogP contribution in [0.4, 0.5) is 5.69 Å². The van der Waals surface area contributed by atoms with E-state index in [4.69, 9.17) is 4.74 Å². The first kappa shape index (κ1) is 15.7. The number of rotatable bonds is 5. The van der Waals surface area contributed by atoms with Crippen molar-refractivity contribution in [2.75, 3.05) is 18.5 Å². The normalized spacial score (nSPS) is 15.2. The van der Waals surface area contributed by atoms with Gasteiger partial charge in [0, 0.05) is 37.7 Å². The predicted molar refractivity (Wildman–Crippen MR) is 93.5 cm³/mol. The summed E-state index contributed by atoms with van der Waals surface area (Å²) in [6.45, 7) is 2.24. The molecule has 0 bridgehead atoms. The van der Waals surface area contributed by atoms with Gasteiger partial charge in [0.1, 0.15) is 5.82 Å². The Hall–Kier alpha value is -2.80. The van der Waals surface area contributed by atoms with Crippen molar-refractivity contribution < 1.29 is 4.74 Å². The summed E-state index contributed by atoms with van der Waals surface area (Å²) in [6.07, 6.45) is 11.0. The number of nitrogens with zero attached hydrogens (tertiary/aromatic N) is 5. The number of anilines is 1. The molecular weight excluding hydrogens is 316 g/mol. The highest BCUT2D eigenvalue weighted by Gasteiger charge is 2.18. The maximum absolute atomic E-state index is 5.39. The molecule has 1 saturated heterocycles. The van der Waals surface area contributed by atoms with Gasteiger partial charge in [-0.2, -0.15) is 5.10 Å². The van der Waals surface area contributed by atoms with E-state index in [9.17, 15) is 0 Å². The lowest BCUT2D eigenvalue weighted by atomic mass is 9.99. The van der Waals surface area contributed by atoms with Crippen LogP contribution in [0.3, 0.4) is 0 Å². The van der Waals surface area contributed by atoms with Crippen molar-refractivity contribution in [3.63, 3.8) is 0 Å². The first-order valence-corrected chi connectivity index (χ1v) is 8.47. The summed E-state index contributed by atoms with van der Waals surface area (Å²) in [5, 5.41) is 7.74.